The third kappa shape index (κ3) is 6.31. The van der Waals surface area contributed by atoms with Gasteiger partial charge in [0.1, 0.15) is 11.6 Å². The Morgan fingerprint density at radius 1 is 1.41 bits per heavy atom. The van der Waals surface area contributed by atoms with Crippen molar-refractivity contribution in [2.24, 2.45) is 0 Å². The van der Waals surface area contributed by atoms with Gasteiger partial charge in [-0.15, -0.1) is 0 Å². The number of carbonyl (C=O) groups is 2. The summed E-state index contributed by atoms with van der Waals surface area (Å²) >= 11 is 0. The van der Waals surface area contributed by atoms with Crippen LogP contribution in [0.2, 0.25) is 0 Å². The minimum atomic E-state index is -1.10. The number of nitriles is 1. The molecule has 0 aliphatic carbocycles. The van der Waals surface area contributed by atoms with Gasteiger partial charge in [-0.05, 0) is 43.5 Å². The summed E-state index contributed by atoms with van der Waals surface area (Å²) in [6.07, 6.45) is 3.29. The maximum absolute atomic E-state index is 12.2. The molecule has 0 spiro atoms. The fourth-order valence-electron chi connectivity index (χ4n) is 2.56. The summed E-state index contributed by atoms with van der Waals surface area (Å²) in [6, 6.07) is 6.64. The van der Waals surface area contributed by atoms with Crippen LogP contribution < -0.4 is 14.8 Å². The van der Waals surface area contributed by atoms with Crippen molar-refractivity contribution in [2.45, 2.75) is 25.9 Å². The van der Waals surface area contributed by atoms with Crippen LogP contribution in [0.15, 0.2) is 23.8 Å². The summed E-state index contributed by atoms with van der Waals surface area (Å²) in [5.74, 6) is -0.962. The molecule has 2 rings (SSSR count). The van der Waals surface area contributed by atoms with E-state index < -0.39 is 18.5 Å². The highest BCUT2D eigenvalue weighted by Gasteiger charge is 2.18. The molecule has 8 heteroatoms. The molecular weight excluding hydrogens is 352 g/mol. The van der Waals surface area contributed by atoms with Crippen LogP contribution in [-0.2, 0) is 14.3 Å². The van der Waals surface area contributed by atoms with E-state index in [9.17, 15) is 14.9 Å². The van der Waals surface area contributed by atoms with Crippen molar-refractivity contribution in [3.05, 3.63) is 29.3 Å². The van der Waals surface area contributed by atoms with Crippen molar-refractivity contribution >= 4 is 18.0 Å². The standard InChI is InChI=1S/C19H22N2O6/c1-2-25-17-9-13(5-6-16(17)27-12-18(22)23)8-14(10-20)19(24)21-11-15-4-3-7-26-15/h5-6,8-9,15H,2-4,7,11-12H2,1H3,(H,21,24)(H,22,23). The second kappa shape index (κ2) is 10.2. The van der Waals surface area contributed by atoms with Gasteiger partial charge < -0.3 is 24.6 Å². The average molecular weight is 374 g/mol. The Labute approximate surface area is 157 Å². The third-order valence-corrected chi connectivity index (χ3v) is 3.81. The average Bonchev–Trinajstić information content (AvgIpc) is 3.17. The summed E-state index contributed by atoms with van der Waals surface area (Å²) in [6.45, 7) is 2.69. The molecule has 1 aliphatic heterocycles. The number of carboxylic acids is 1. The van der Waals surface area contributed by atoms with E-state index in [1.54, 1.807) is 25.1 Å². The van der Waals surface area contributed by atoms with Gasteiger partial charge >= 0.3 is 5.97 Å². The molecule has 1 saturated heterocycles. The van der Waals surface area contributed by atoms with E-state index in [0.29, 0.717) is 31.1 Å². The molecule has 1 unspecified atom stereocenters. The molecule has 1 amide bonds. The number of ether oxygens (including phenoxy) is 3. The highest BCUT2D eigenvalue weighted by Crippen LogP contribution is 2.29. The Morgan fingerprint density at radius 3 is 2.85 bits per heavy atom. The summed E-state index contributed by atoms with van der Waals surface area (Å²) in [4.78, 5) is 22.9. The van der Waals surface area contributed by atoms with Gasteiger partial charge in [0, 0.05) is 13.2 Å². The third-order valence-electron chi connectivity index (χ3n) is 3.81. The Kier molecular flexibility index (Phi) is 7.64. The van der Waals surface area contributed by atoms with Crippen molar-refractivity contribution in [1.82, 2.24) is 5.32 Å². The number of carbonyl (C=O) groups excluding carboxylic acids is 1. The maximum atomic E-state index is 12.2. The van der Waals surface area contributed by atoms with Crippen LogP contribution in [-0.4, -0.2) is 49.5 Å². The van der Waals surface area contributed by atoms with Gasteiger partial charge in [0.15, 0.2) is 18.1 Å². The minimum Gasteiger partial charge on any atom is -0.490 e. The van der Waals surface area contributed by atoms with Crippen LogP contribution in [0.4, 0.5) is 0 Å². The smallest absolute Gasteiger partial charge is 0.341 e. The van der Waals surface area contributed by atoms with Crippen LogP contribution in [0.5, 0.6) is 11.5 Å². The van der Waals surface area contributed by atoms with Crippen LogP contribution in [0, 0.1) is 11.3 Å². The molecule has 0 radical (unpaired) electrons. The van der Waals surface area contributed by atoms with Gasteiger partial charge in [-0.1, -0.05) is 6.07 Å². The first-order valence-electron chi connectivity index (χ1n) is 8.66. The molecular formula is C19H22N2O6. The lowest BCUT2D eigenvalue weighted by Gasteiger charge is -2.12. The SMILES string of the molecule is CCOc1cc(C=C(C#N)C(=O)NCC2CCCO2)ccc1OCC(=O)O. The number of rotatable bonds is 9. The predicted molar refractivity (Wildman–Crippen MR) is 96.3 cm³/mol. The molecule has 1 aromatic carbocycles. The molecule has 0 aromatic heterocycles. The number of aliphatic carboxylic acids is 1. The molecule has 1 heterocycles. The summed E-state index contributed by atoms with van der Waals surface area (Å²) in [5, 5.41) is 20.7. The van der Waals surface area contributed by atoms with E-state index in [4.69, 9.17) is 19.3 Å². The fourth-order valence-corrected chi connectivity index (χ4v) is 2.56. The Hall–Kier alpha value is -3.05. The van der Waals surface area contributed by atoms with E-state index in [2.05, 4.69) is 5.32 Å². The van der Waals surface area contributed by atoms with Crippen LogP contribution in [0.3, 0.4) is 0 Å². The van der Waals surface area contributed by atoms with E-state index in [1.807, 2.05) is 6.07 Å². The number of carboxylic acid groups (broad SMARTS) is 1. The lowest BCUT2D eigenvalue weighted by molar-refractivity contribution is -0.139. The van der Waals surface area contributed by atoms with Crippen molar-refractivity contribution in [1.29, 1.82) is 5.26 Å². The highest BCUT2D eigenvalue weighted by atomic mass is 16.5. The minimum absolute atomic E-state index is 0.0101. The molecule has 144 valence electrons. The zero-order valence-electron chi connectivity index (χ0n) is 15.1. The summed E-state index contributed by atoms with van der Waals surface area (Å²) in [5.41, 5.74) is 0.514. The largest absolute Gasteiger partial charge is 0.490 e. The molecule has 27 heavy (non-hydrogen) atoms. The Balaban J connectivity index is 2.11. The number of amides is 1. The number of hydrogen-bond acceptors (Lipinski definition) is 6. The zero-order valence-corrected chi connectivity index (χ0v) is 15.1. The summed E-state index contributed by atoms with van der Waals surface area (Å²) in [7, 11) is 0. The quantitative estimate of drug-likeness (QED) is 0.499. The highest BCUT2D eigenvalue weighted by molar-refractivity contribution is 6.01. The molecule has 2 N–H and O–H groups in total. The lowest BCUT2D eigenvalue weighted by Crippen LogP contribution is -2.32. The van der Waals surface area contributed by atoms with Crippen LogP contribution in [0.1, 0.15) is 25.3 Å². The second-order valence-electron chi connectivity index (χ2n) is 5.84. The Bertz CT molecular complexity index is 747. The summed E-state index contributed by atoms with van der Waals surface area (Å²) < 4.78 is 16.1. The van der Waals surface area contributed by atoms with Crippen LogP contribution in [0.25, 0.3) is 6.08 Å². The number of benzene rings is 1. The van der Waals surface area contributed by atoms with Crippen molar-refractivity contribution < 1.29 is 28.9 Å². The van der Waals surface area contributed by atoms with Gasteiger partial charge in [0.25, 0.3) is 5.91 Å². The van der Waals surface area contributed by atoms with E-state index in [-0.39, 0.29) is 17.4 Å². The van der Waals surface area contributed by atoms with Gasteiger partial charge in [-0.3, -0.25) is 4.79 Å². The predicted octanol–water partition coefficient (Wildman–Crippen LogP) is 1.75. The molecule has 1 fully saturated rings. The molecule has 1 aromatic rings. The monoisotopic (exact) mass is 374 g/mol. The molecule has 0 bridgehead atoms. The van der Waals surface area contributed by atoms with Gasteiger partial charge in [-0.2, -0.15) is 5.26 Å². The first kappa shape index (κ1) is 20.3. The number of hydrogen-bond donors (Lipinski definition) is 2. The fraction of sp³-hybridized carbons (Fsp3) is 0.421. The topological polar surface area (TPSA) is 118 Å². The number of nitrogens with one attached hydrogen (secondary N) is 1. The zero-order chi connectivity index (χ0) is 19.6. The maximum Gasteiger partial charge on any atom is 0.341 e. The second-order valence-corrected chi connectivity index (χ2v) is 5.84. The van der Waals surface area contributed by atoms with Crippen LogP contribution >= 0.6 is 0 Å². The van der Waals surface area contributed by atoms with Gasteiger partial charge in [0.2, 0.25) is 0 Å². The van der Waals surface area contributed by atoms with E-state index in [0.717, 1.165) is 12.8 Å². The van der Waals surface area contributed by atoms with Gasteiger partial charge in [-0.25, -0.2) is 4.79 Å². The Morgan fingerprint density at radius 2 is 2.22 bits per heavy atom. The first-order chi connectivity index (χ1) is 13.0. The lowest BCUT2D eigenvalue weighted by atomic mass is 10.1. The van der Waals surface area contributed by atoms with E-state index >= 15 is 0 Å². The molecule has 1 aliphatic rings. The van der Waals surface area contributed by atoms with Crippen molar-refractivity contribution in [3.63, 3.8) is 0 Å². The molecule has 0 saturated carbocycles. The normalized spacial score (nSPS) is 16.4. The molecule has 8 nitrogen and oxygen atoms in total. The first-order valence-corrected chi connectivity index (χ1v) is 8.66. The van der Waals surface area contributed by atoms with Crippen molar-refractivity contribution in [2.75, 3.05) is 26.4 Å². The van der Waals surface area contributed by atoms with E-state index in [1.165, 1.54) is 6.08 Å². The van der Waals surface area contributed by atoms with Crippen molar-refractivity contribution in [3.8, 4) is 17.6 Å². The number of nitrogens with zero attached hydrogens (tertiary/aromatic N) is 1. The van der Waals surface area contributed by atoms with Gasteiger partial charge in [0.05, 0.1) is 12.7 Å². The molecule has 1 atom stereocenters.